The van der Waals surface area contributed by atoms with Crippen LogP contribution in [-0.2, 0) is 0 Å². The van der Waals surface area contributed by atoms with Crippen molar-refractivity contribution >= 4 is 5.84 Å². The predicted octanol–water partition coefficient (Wildman–Crippen LogP) is 3.88. The smallest absolute Gasteiger partial charge is 0.144 e. The van der Waals surface area contributed by atoms with Gasteiger partial charge >= 0.3 is 0 Å². The van der Waals surface area contributed by atoms with Gasteiger partial charge in [-0.25, -0.2) is 0 Å². The molecule has 4 heteroatoms. The van der Waals surface area contributed by atoms with Crippen molar-refractivity contribution in [3.63, 3.8) is 0 Å². The molecule has 0 saturated heterocycles. The molecule has 21 heavy (non-hydrogen) atoms. The molecule has 0 radical (unpaired) electrons. The van der Waals surface area contributed by atoms with Gasteiger partial charge in [-0.15, -0.1) is 0 Å². The van der Waals surface area contributed by atoms with E-state index in [-0.39, 0.29) is 5.41 Å². The second kappa shape index (κ2) is 9.29. The van der Waals surface area contributed by atoms with E-state index in [1.165, 1.54) is 38.5 Å². The summed E-state index contributed by atoms with van der Waals surface area (Å²) in [5.41, 5.74) is 5.50. The van der Waals surface area contributed by atoms with Gasteiger partial charge in [0.2, 0.25) is 0 Å². The van der Waals surface area contributed by atoms with Gasteiger partial charge in [-0.1, -0.05) is 51.1 Å². The molecule has 0 amide bonds. The van der Waals surface area contributed by atoms with Gasteiger partial charge in [-0.05, 0) is 45.1 Å². The number of oxime groups is 1. The van der Waals surface area contributed by atoms with Gasteiger partial charge in [0, 0.05) is 11.5 Å². The molecule has 1 fully saturated rings. The summed E-state index contributed by atoms with van der Waals surface area (Å²) in [5.74, 6) is 1.20. The quantitative estimate of drug-likeness (QED) is 0.159. The fourth-order valence-corrected chi connectivity index (χ4v) is 3.26. The predicted molar refractivity (Wildman–Crippen MR) is 89.7 cm³/mol. The van der Waals surface area contributed by atoms with E-state index in [9.17, 15) is 0 Å². The van der Waals surface area contributed by atoms with Crippen molar-refractivity contribution in [2.75, 3.05) is 6.54 Å². The standard InChI is InChI=1S/C17H35N3O/c1-14(15-10-6-4-5-7-11-15)19-13-9-8-12-17(2,3)16(18)20-21/h14-15,19,21H,4-13H2,1-3H3,(H2,18,20)/t14-/m0/s1. The Kier molecular flexibility index (Phi) is 8.09. The van der Waals surface area contributed by atoms with Crippen LogP contribution < -0.4 is 11.1 Å². The lowest BCUT2D eigenvalue weighted by Crippen LogP contribution is -2.34. The molecule has 4 N–H and O–H groups in total. The van der Waals surface area contributed by atoms with Crippen LogP contribution >= 0.6 is 0 Å². The van der Waals surface area contributed by atoms with Crippen LogP contribution in [0.25, 0.3) is 0 Å². The average Bonchev–Trinajstić information content (AvgIpc) is 2.74. The Morgan fingerprint density at radius 1 is 1.24 bits per heavy atom. The van der Waals surface area contributed by atoms with Crippen molar-refractivity contribution in [1.29, 1.82) is 0 Å². The summed E-state index contributed by atoms with van der Waals surface area (Å²) >= 11 is 0. The molecule has 1 saturated carbocycles. The highest BCUT2D eigenvalue weighted by Gasteiger charge is 2.23. The van der Waals surface area contributed by atoms with Crippen LogP contribution in [0.5, 0.6) is 0 Å². The third kappa shape index (κ3) is 6.68. The summed E-state index contributed by atoms with van der Waals surface area (Å²) in [5, 5.41) is 15.6. The molecule has 0 aliphatic heterocycles. The molecule has 4 nitrogen and oxygen atoms in total. The van der Waals surface area contributed by atoms with Gasteiger partial charge in [0.25, 0.3) is 0 Å². The van der Waals surface area contributed by atoms with Gasteiger partial charge in [0.1, 0.15) is 5.84 Å². The Bertz CT molecular complexity index is 307. The molecule has 1 rings (SSSR count). The zero-order valence-corrected chi connectivity index (χ0v) is 14.2. The SMILES string of the molecule is C[C@H](NCCCCC(C)(C)C(N)=NO)C1CCCCCC1. The largest absolute Gasteiger partial charge is 0.409 e. The number of nitrogens with one attached hydrogen (secondary N) is 1. The molecule has 0 bridgehead atoms. The number of nitrogens with two attached hydrogens (primary N) is 1. The molecule has 0 heterocycles. The van der Waals surface area contributed by atoms with Crippen LogP contribution in [0.3, 0.4) is 0 Å². The summed E-state index contributed by atoms with van der Waals surface area (Å²) in [7, 11) is 0. The maximum absolute atomic E-state index is 8.76. The first-order valence-electron chi connectivity index (χ1n) is 8.69. The maximum atomic E-state index is 8.76. The minimum atomic E-state index is -0.207. The first-order chi connectivity index (χ1) is 9.97. The number of unbranched alkanes of at least 4 members (excludes halogenated alkanes) is 1. The van der Waals surface area contributed by atoms with Crippen molar-refractivity contribution in [3.05, 3.63) is 0 Å². The third-order valence-electron chi connectivity index (χ3n) is 5.10. The molecule has 0 aromatic heterocycles. The average molecular weight is 297 g/mol. The van der Waals surface area contributed by atoms with Crippen LogP contribution in [-0.4, -0.2) is 23.6 Å². The third-order valence-corrected chi connectivity index (χ3v) is 5.10. The van der Waals surface area contributed by atoms with Gasteiger partial charge in [-0.2, -0.15) is 0 Å². The van der Waals surface area contributed by atoms with Crippen LogP contribution in [0.4, 0.5) is 0 Å². The van der Waals surface area contributed by atoms with Crippen molar-refractivity contribution in [1.82, 2.24) is 5.32 Å². The summed E-state index contributed by atoms with van der Waals surface area (Å²) in [6.45, 7) is 7.48. The van der Waals surface area contributed by atoms with E-state index in [1.807, 2.05) is 13.8 Å². The number of rotatable bonds is 8. The fourth-order valence-electron chi connectivity index (χ4n) is 3.26. The molecular weight excluding hydrogens is 262 g/mol. The Labute approximate surface area is 130 Å². The molecule has 1 atom stereocenters. The Morgan fingerprint density at radius 2 is 1.86 bits per heavy atom. The zero-order valence-electron chi connectivity index (χ0n) is 14.2. The molecule has 1 aliphatic carbocycles. The monoisotopic (exact) mass is 297 g/mol. The molecular formula is C17H35N3O. The molecule has 0 unspecified atom stereocenters. The van der Waals surface area contributed by atoms with Crippen LogP contribution in [0.1, 0.15) is 78.6 Å². The lowest BCUT2D eigenvalue weighted by atomic mass is 9.86. The van der Waals surface area contributed by atoms with Gasteiger partial charge in [0.05, 0.1) is 0 Å². The summed E-state index contributed by atoms with van der Waals surface area (Å²) < 4.78 is 0. The van der Waals surface area contributed by atoms with E-state index in [0.717, 1.165) is 31.7 Å². The van der Waals surface area contributed by atoms with E-state index >= 15 is 0 Å². The van der Waals surface area contributed by atoms with E-state index in [2.05, 4.69) is 17.4 Å². The first kappa shape index (κ1) is 18.3. The van der Waals surface area contributed by atoms with Gasteiger partial charge in [0.15, 0.2) is 0 Å². The van der Waals surface area contributed by atoms with Gasteiger partial charge < -0.3 is 16.3 Å². The Morgan fingerprint density at radius 3 is 2.43 bits per heavy atom. The number of amidine groups is 1. The lowest BCUT2D eigenvalue weighted by molar-refractivity contribution is 0.303. The topological polar surface area (TPSA) is 70.6 Å². The highest BCUT2D eigenvalue weighted by atomic mass is 16.4. The van der Waals surface area contributed by atoms with Crippen LogP contribution in [0.2, 0.25) is 0 Å². The van der Waals surface area contributed by atoms with Crippen LogP contribution in [0, 0.1) is 11.3 Å². The minimum Gasteiger partial charge on any atom is -0.409 e. The summed E-state index contributed by atoms with van der Waals surface area (Å²) in [6.07, 6.45) is 11.7. The number of hydrogen-bond donors (Lipinski definition) is 3. The molecule has 0 aromatic rings. The fraction of sp³-hybridized carbons (Fsp3) is 0.941. The molecule has 1 aliphatic rings. The van der Waals surface area contributed by atoms with Crippen molar-refractivity contribution < 1.29 is 5.21 Å². The molecule has 0 aromatic carbocycles. The maximum Gasteiger partial charge on any atom is 0.144 e. The van der Waals surface area contributed by atoms with E-state index in [1.54, 1.807) is 0 Å². The normalized spacial score (nSPS) is 20.2. The van der Waals surface area contributed by atoms with E-state index in [0.29, 0.717) is 11.9 Å². The first-order valence-corrected chi connectivity index (χ1v) is 8.69. The number of nitrogens with zero attached hydrogens (tertiary/aromatic N) is 1. The molecule has 0 spiro atoms. The minimum absolute atomic E-state index is 0.207. The second-order valence-electron chi connectivity index (χ2n) is 7.32. The summed E-state index contributed by atoms with van der Waals surface area (Å²) in [4.78, 5) is 0. The number of hydrogen-bond acceptors (Lipinski definition) is 3. The van der Waals surface area contributed by atoms with Crippen LogP contribution in [0.15, 0.2) is 5.16 Å². The Hall–Kier alpha value is -0.770. The zero-order chi connectivity index (χ0) is 15.7. The van der Waals surface area contributed by atoms with E-state index < -0.39 is 0 Å². The summed E-state index contributed by atoms with van der Waals surface area (Å²) in [6, 6.07) is 0.639. The lowest BCUT2D eigenvalue weighted by Gasteiger charge is -2.25. The van der Waals surface area contributed by atoms with Crippen molar-refractivity contribution in [2.45, 2.75) is 84.6 Å². The second-order valence-corrected chi connectivity index (χ2v) is 7.32. The van der Waals surface area contributed by atoms with Gasteiger partial charge in [-0.3, -0.25) is 0 Å². The van der Waals surface area contributed by atoms with E-state index in [4.69, 9.17) is 10.9 Å². The highest BCUT2D eigenvalue weighted by Crippen LogP contribution is 2.26. The Balaban J connectivity index is 2.16. The highest BCUT2D eigenvalue weighted by molar-refractivity contribution is 5.85. The molecule has 124 valence electrons. The van der Waals surface area contributed by atoms with Crippen molar-refractivity contribution in [3.8, 4) is 0 Å². The van der Waals surface area contributed by atoms with Crippen molar-refractivity contribution in [2.24, 2.45) is 22.2 Å².